The molecule has 0 bridgehead atoms. The molecule has 0 amide bonds. The molecule has 39 heavy (non-hydrogen) atoms. The maximum Gasteiger partial charge on any atom is 0 e. The van der Waals surface area contributed by atoms with Gasteiger partial charge in [0.15, 0.2) is 0 Å². The van der Waals surface area contributed by atoms with Crippen molar-refractivity contribution in [3.63, 3.8) is 0 Å². The summed E-state index contributed by atoms with van der Waals surface area (Å²) in [5.74, 6) is 0. The molecule has 203 valence electrons. The van der Waals surface area contributed by atoms with Crippen LogP contribution in [0.15, 0.2) is 109 Å². The van der Waals surface area contributed by atoms with E-state index in [1.807, 2.05) is 26.0 Å². The zero-order valence-electron chi connectivity index (χ0n) is 20.8. The Morgan fingerprint density at radius 1 is 0.436 bits per heavy atom. The first-order chi connectivity index (χ1) is 16.6. The molecule has 5 aromatic carbocycles. The fraction of sp³-hybridized carbons (Fsp3) is 0.243. The maximum atomic E-state index is 2.27. The minimum absolute atomic E-state index is 0. The predicted molar refractivity (Wildman–Crippen MR) is 179 cm³/mol. The van der Waals surface area contributed by atoms with Crippen molar-refractivity contribution in [2.24, 2.45) is 0 Å². The largest absolute Gasteiger partial charge is 0.312 e. The highest BCUT2D eigenvalue weighted by molar-refractivity contribution is 5.95. The summed E-state index contributed by atoms with van der Waals surface area (Å²) in [7, 11) is 6.00. The van der Waals surface area contributed by atoms with E-state index in [0.717, 1.165) is 12.8 Å². The summed E-state index contributed by atoms with van der Waals surface area (Å²) in [6.45, 7) is 0. The molecule has 0 heterocycles. The van der Waals surface area contributed by atoms with Crippen LogP contribution in [0.5, 0.6) is 0 Å². The first-order valence-electron chi connectivity index (χ1n) is 12.0. The van der Waals surface area contributed by atoms with Crippen LogP contribution in [0, 0.1) is 0 Å². The van der Waals surface area contributed by atoms with Gasteiger partial charge in [0, 0.05) is 8.41 Å². The summed E-state index contributed by atoms with van der Waals surface area (Å²) in [4.78, 5) is 2.00. The predicted octanol–water partition coefficient (Wildman–Crippen LogP) is 10.0. The summed E-state index contributed by atoms with van der Waals surface area (Å²) < 4.78 is 0. The summed E-state index contributed by atoms with van der Waals surface area (Å²) >= 11 is 0. The van der Waals surface area contributed by atoms with Crippen molar-refractivity contribution >= 4 is 19.2 Å². The Labute approximate surface area is 241 Å². The average Bonchev–Trinajstić information content (AvgIpc) is 3.43. The molecule has 7 rings (SSSR count). The van der Waals surface area contributed by atoms with Gasteiger partial charge in [-0.2, -0.15) is 0 Å². The highest BCUT2D eigenvalue weighted by Crippen LogP contribution is 2.40. The summed E-state index contributed by atoms with van der Waals surface area (Å²) in [5.41, 5.74) is 11.5. The van der Waals surface area contributed by atoms with Crippen molar-refractivity contribution in [3.05, 3.63) is 131 Å². The zero-order valence-corrected chi connectivity index (χ0v) is 20.8. The second-order valence-corrected chi connectivity index (χ2v) is 9.48. The monoisotopic (exact) mass is 516 g/mol. The SMILES string of the molecule is C.C.C.C.CN(C)C.[B].c1ccc2c(c1)Cc1c-2ccc2ccccc12.c1ccc2c(c1)Cc1ccccc1-2. The van der Waals surface area contributed by atoms with Crippen molar-refractivity contribution in [1.29, 1.82) is 0 Å². The fourth-order valence-electron chi connectivity index (χ4n) is 4.99. The lowest BCUT2D eigenvalue weighted by molar-refractivity contribution is 0.505. The van der Waals surface area contributed by atoms with E-state index in [2.05, 4.69) is 109 Å². The standard InChI is InChI=1S/C17H12.C13H10.C3H9N.4CH4.B/c1-3-7-14-12(5-1)9-10-16-15-8-4-2-6-13(15)11-17(14)16;1-3-7-12-10(5-1)9-11-6-2-4-8-13(11)12;1-4(2)3;;;;;/h1-10H,11H2;1-8H,9H2;1-3H3;4*1H4;. The topological polar surface area (TPSA) is 3.24 Å². The van der Waals surface area contributed by atoms with E-state index in [1.165, 1.54) is 55.3 Å². The van der Waals surface area contributed by atoms with Crippen LogP contribution in [0.1, 0.15) is 52.0 Å². The van der Waals surface area contributed by atoms with Crippen LogP contribution in [-0.4, -0.2) is 34.5 Å². The third kappa shape index (κ3) is 7.49. The Morgan fingerprint density at radius 3 is 1.33 bits per heavy atom. The van der Waals surface area contributed by atoms with E-state index in [-0.39, 0.29) is 38.1 Å². The smallest absolute Gasteiger partial charge is 0 e. The molecular weight excluding hydrogens is 469 g/mol. The molecule has 5 aromatic rings. The second-order valence-electron chi connectivity index (χ2n) is 9.48. The molecule has 2 heteroatoms. The Hall–Kier alpha value is -3.62. The summed E-state index contributed by atoms with van der Waals surface area (Å²) in [6.07, 6.45) is 2.18. The van der Waals surface area contributed by atoms with Crippen molar-refractivity contribution in [1.82, 2.24) is 4.90 Å². The molecule has 0 saturated carbocycles. The Kier molecular flexibility index (Phi) is 14.3. The number of hydrogen-bond donors (Lipinski definition) is 0. The highest BCUT2D eigenvalue weighted by atomic mass is 15.0. The van der Waals surface area contributed by atoms with E-state index >= 15 is 0 Å². The van der Waals surface area contributed by atoms with Gasteiger partial charge in [-0.15, -0.1) is 0 Å². The number of rotatable bonds is 0. The third-order valence-corrected chi connectivity index (χ3v) is 6.42. The van der Waals surface area contributed by atoms with Gasteiger partial charge in [-0.05, 0) is 89.3 Å². The van der Waals surface area contributed by atoms with Crippen molar-refractivity contribution in [3.8, 4) is 22.3 Å². The molecule has 0 aromatic heterocycles. The van der Waals surface area contributed by atoms with E-state index in [1.54, 1.807) is 0 Å². The Morgan fingerprint density at radius 2 is 0.821 bits per heavy atom. The van der Waals surface area contributed by atoms with Gasteiger partial charge < -0.3 is 4.90 Å². The van der Waals surface area contributed by atoms with E-state index < -0.39 is 0 Å². The number of hydrogen-bond acceptors (Lipinski definition) is 1. The molecule has 0 spiro atoms. The van der Waals surface area contributed by atoms with Gasteiger partial charge in [0.2, 0.25) is 0 Å². The van der Waals surface area contributed by atoms with E-state index in [0.29, 0.717) is 0 Å². The normalized spacial score (nSPS) is 10.5. The first kappa shape index (κ1) is 35.4. The van der Waals surface area contributed by atoms with Gasteiger partial charge in [0.1, 0.15) is 0 Å². The van der Waals surface area contributed by atoms with Gasteiger partial charge in [-0.3, -0.25) is 0 Å². The lowest BCUT2D eigenvalue weighted by atomic mass is 9.99. The molecule has 1 nitrogen and oxygen atoms in total. The average molecular weight is 517 g/mol. The van der Waals surface area contributed by atoms with Crippen molar-refractivity contribution < 1.29 is 0 Å². The molecule has 0 saturated heterocycles. The molecule has 0 aliphatic heterocycles. The Bertz CT molecular complexity index is 1410. The molecule has 0 N–H and O–H groups in total. The van der Waals surface area contributed by atoms with E-state index in [9.17, 15) is 0 Å². The van der Waals surface area contributed by atoms with Crippen LogP contribution in [-0.2, 0) is 12.8 Å². The van der Waals surface area contributed by atoms with E-state index in [4.69, 9.17) is 0 Å². The quantitative estimate of drug-likeness (QED) is 0.181. The molecule has 0 unspecified atom stereocenters. The first-order valence-corrected chi connectivity index (χ1v) is 12.0. The third-order valence-electron chi connectivity index (χ3n) is 6.42. The molecule has 0 fully saturated rings. The minimum Gasteiger partial charge on any atom is -0.312 e. The zero-order chi connectivity index (χ0) is 23.5. The van der Waals surface area contributed by atoms with Gasteiger partial charge in [0.05, 0.1) is 0 Å². The van der Waals surface area contributed by atoms with Crippen LogP contribution in [0.2, 0.25) is 0 Å². The van der Waals surface area contributed by atoms with Crippen LogP contribution in [0.3, 0.4) is 0 Å². The van der Waals surface area contributed by atoms with Gasteiger partial charge in [-0.1, -0.05) is 139 Å². The Balaban J connectivity index is 0.000000597. The second kappa shape index (κ2) is 15.7. The molecule has 2 aliphatic rings. The lowest BCUT2D eigenvalue weighted by Crippen LogP contribution is -1.99. The van der Waals surface area contributed by atoms with Gasteiger partial charge >= 0.3 is 0 Å². The highest BCUT2D eigenvalue weighted by Gasteiger charge is 2.19. The molecule has 2 aliphatic carbocycles. The fourth-order valence-corrected chi connectivity index (χ4v) is 4.99. The maximum absolute atomic E-state index is 2.27. The molecule has 3 radical (unpaired) electrons. The van der Waals surface area contributed by atoms with Crippen molar-refractivity contribution in [2.75, 3.05) is 21.1 Å². The van der Waals surface area contributed by atoms with Crippen LogP contribution >= 0.6 is 0 Å². The molecular formula is C37H47BN. The van der Waals surface area contributed by atoms with Crippen LogP contribution < -0.4 is 0 Å². The molecule has 0 atom stereocenters. The van der Waals surface area contributed by atoms with Gasteiger partial charge in [0.25, 0.3) is 0 Å². The van der Waals surface area contributed by atoms with Crippen LogP contribution in [0.25, 0.3) is 33.0 Å². The lowest BCUT2D eigenvalue weighted by Gasteiger charge is -2.05. The van der Waals surface area contributed by atoms with Gasteiger partial charge in [-0.25, -0.2) is 0 Å². The number of fused-ring (bicyclic) bond motifs is 8. The summed E-state index contributed by atoms with van der Waals surface area (Å²) in [5, 5.41) is 2.75. The summed E-state index contributed by atoms with van der Waals surface area (Å²) in [6, 6.07) is 39.2. The number of nitrogens with zero attached hydrogens (tertiary/aromatic N) is 1. The van der Waals surface area contributed by atoms with Crippen LogP contribution in [0.4, 0.5) is 0 Å². The number of benzene rings is 5. The van der Waals surface area contributed by atoms with Crippen molar-refractivity contribution in [2.45, 2.75) is 42.5 Å². The minimum atomic E-state index is 0.